The van der Waals surface area contributed by atoms with Crippen LogP contribution < -0.4 is 0 Å². The summed E-state index contributed by atoms with van der Waals surface area (Å²) in [6.45, 7) is 0. The number of ether oxygens (including phenoxy) is 1. The maximum Gasteiger partial charge on any atom is 0.450 e. The SMILES string of the molecule is FC(F)=CC(F)(F)C(F)(F)C(F)(C(F)(F)F)C(F)(F)OC(F)=C(F)F. The van der Waals surface area contributed by atoms with Gasteiger partial charge in [-0.2, -0.15) is 61.5 Å². The summed E-state index contributed by atoms with van der Waals surface area (Å²) in [6.07, 6.45) is -25.3. The van der Waals surface area contributed by atoms with Crippen LogP contribution in [0.25, 0.3) is 0 Å². The summed E-state index contributed by atoms with van der Waals surface area (Å²) in [5.74, 6) is -14.7. The Hall–Kier alpha value is -1.77. The zero-order valence-electron chi connectivity index (χ0n) is 10.7. The summed E-state index contributed by atoms with van der Waals surface area (Å²) in [6, 6.07) is -4.01. The molecule has 0 aromatic heterocycles. The lowest BCUT2D eigenvalue weighted by molar-refractivity contribution is -0.443. The molecule has 0 aromatic rings. The normalized spacial score (nSPS) is 16.1. The van der Waals surface area contributed by atoms with Crippen molar-refractivity contribution < 1.29 is 70.6 Å². The van der Waals surface area contributed by atoms with Gasteiger partial charge in [-0.25, -0.2) is 4.39 Å². The topological polar surface area (TPSA) is 9.23 Å². The second kappa shape index (κ2) is 6.51. The fourth-order valence-corrected chi connectivity index (χ4v) is 1.20. The van der Waals surface area contributed by atoms with Gasteiger partial charge in [0.2, 0.25) is 0 Å². The third-order valence-corrected chi connectivity index (χ3v) is 2.30. The Morgan fingerprint density at radius 3 is 1.36 bits per heavy atom. The van der Waals surface area contributed by atoms with Crippen molar-refractivity contribution in [1.29, 1.82) is 0 Å². The molecule has 0 rings (SSSR count). The molecule has 0 heterocycles. The fraction of sp³-hybridized carbons (Fsp3) is 0.556. The van der Waals surface area contributed by atoms with Crippen LogP contribution in [0.4, 0.5) is 65.9 Å². The van der Waals surface area contributed by atoms with E-state index in [1.165, 1.54) is 0 Å². The number of allylic oxidation sites excluding steroid dienone is 1. The molecular formula is C9HF15O. The molecule has 16 heteroatoms. The highest BCUT2D eigenvalue weighted by Gasteiger charge is 2.90. The van der Waals surface area contributed by atoms with E-state index in [2.05, 4.69) is 0 Å². The van der Waals surface area contributed by atoms with Gasteiger partial charge in [0.15, 0.2) is 0 Å². The van der Waals surface area contributed by atoms with Gasteiger partial charge in [-0.05, 0) is 0 Å². The van der Waals surface area contributed by atoms with E-state index in [0.717, 1.165) is 0 Å². The second-order valence-corrected chi connectivity index (χ2v) is 3.94. The summed E-state index contributed by atoms with van der Waals surface area (Å²) in [5, 5.41) is 0. The predicted molar refractivity (Wildman–Crippen MR) is 46.5 cm³/mol. The van der Waals surface area contributed by atoms with Crippen molar-refractivity contribution in [3.8, 4) is 0 Å². The zero-order valence-corrected chi connectivity index (χ0v) is 10.7. The maximum atomic E-state index is 13.5. The molecular weight excluding hydrogens is 409 g/mol. The van der Waals surface area contributed by atoms with E-state index in [9.17, 15) is 65.9 Å². The van der Waals surface area contributed by atoms with Crippen molar-refractivity contribution >= 4 is 0 Å². The average molecular weight is 410 g/mol. The fourth-order valence-electron chi connectivity index (χ4n) is 1.20. The highest BCUT2D eigenvalue weighted by Crippen LogP contribution is 2.59. The van der Waals surface area contributed by atoms with Gasteiger partial charge in [0.05, 0.1) is 6.08 Å². The molecule has 148 valence electrons. The molecule has 0 amide bonds. The highest BCUT2D eigenvalue weighted by molar-refractivity contribution is 5.17. The van der Waals surface area contributed by atoms with Gasteiger partial charge in [-0.15, -0.1) is 0 Å². The van der Waals surface area contributed by atoms with Crippen LogP contribution in [0.15, 0.2) is 24.3 Å². The molecule has 0 aliphatic carbocycles. The molecule has 0 N–H and O–H groups in total. The first-order valence-corrected chi connectivity index (χ1v) is 5.07. The van der Waals surface area contributed by atoms with E-state index >= 15 is 0 Å². The summed E-state index contributed by atoms with van der Waals surface area (Å²) < 4.78 is 189. The zero-order chi connectivity index (χ0) is 20.6. The first-order valence-electron chi connectivity index (χ1n) is 5.07. The molecule has 0 aromatic carbocycles. The number of halogens is 15. The highest BCUT2D eigenvalue weighted by atomic mass is 19.4. The molecule has 0 radical (unpaired) electrons. The van der Waals surface area contributed by atoms with E-state index in [1.807, 2.05) is 0 Å². The van der Waals surface area contributed by atoms with Gasteiger partial charge in [0, 0.05) is 0 Å². The molecule has 0 aliphatic heterocycles. The van der Waals surface area contributed by atoms with Crippen LogP contribution in [0.1, 0.15) is 0 Å². The molecule has 0 bridgehead atoms. The Labute approximate surface area is 126 Å². The van der Waals surface area contributed by atoms with Crippen LogP contribution in [0.3, 0.4) is 0 Å². The smallest absolute Gasteiger partial charge is 0.399 e. The van der Waals surface area contributed by atoms with E-state index in [0.29, 0.717) is 0 Å². The van der Waals surface area contributed by atoms with Gasteiger partial charge in [0.25, 0.3) is 6.08 Å². The summed E-state index contributed by atoms with van der Waals surface area (Å²) in [5.41, 5.74) is -7.91. The van der Waals surface area contributed by atoms with Crippen LogP contribution in [0.2, 0.25) is 0 Å². The van der Waals surface area contributed by atoms with Crippen molar-refractivity contribution in [3.63, 3.8) is 0 Å². The van der Waals surface area contributed by atoms with Gasteiger partial charge < -0.3 is 4.74 Å². The Kier molecular flexibility index (Phi) is 6.05. The largest absolute Gasteiger partial charge is 0.450 e. The standard InChI is InChI=1S/C9HF15O/c10-2(11)1-5(15,16)7(18,19)6(17,8(20,21)22)9(23,24)25-4(14)3(12)13/h1H. The van der Waals surface area contributed by atoms with Crippen molar-refractivity contribution in [1.82, 2.24) is 0 Å². The predicted octanol–water partition coefficient (Wildman–Crippen LogP) is 5.95. The van der Waals surface area contributed by atoms with Crippen molar-refractivity contribution in [2.45, 2.75) is 29.8 Å². The minimum Gasteiger partial charge on any atom is -0.399 e. The van der Waals surface area contributed by atoms with Gasteiger partial charge >= 0.3 is 41.9 Å². The minimum atomic E-state index is -7.91. The Bertz CT molecular complexity index is 550. The molecule has 25 heavy (non-hydrogen) atoms. The van der Waals surface area contributed by atoms with Crippen LogP contribution in [-0.4, -0.2) is 29.8 Å². The van der Waals surface area contributed by atoms with Gasteiger partial charge in [-0.1, -0.05) is 0 Å². The van der Waals surface area contributed by atoms with Crippen molar-refractivity contribution in [2.24, 2.45) is 0 Å². The van der Waals surface area contributed by atoms with E-state index < -0.39 is 54.0 Å². The second-order valence-electron chi connectivity index (χ2n) is 3.94. The van der Waals surface area contributed by atoms with Gasteiger partial charge in [-0.3, -0.25) is 0 Å². The molecule has 0 aliphatic rings. The molecule has 1 atom stereocenters. The first-order chi connectivity index (χ1) is 10.7. The molecule has 0 spiro atoms. The average Bonchev–Trinajstić information content (AvgIpc) is 2.33. The molecule has 0 saturated carbocycles. The van der Waals surface area contributed by atoms with Crippen LogP contribution in [-0.2, 0) is 4.74 Å². The Morgan fingerprint density at radius 2 is 1.08 bits per heavy atom. The number of rotatable bonds is 6. The quantitative estimate of drug-likeness (QED) is 0.389. The van der Waals surface area contributed by atoms with E-state index in [-0.39, 0.29) is 0 Å². The lowest BCUT2D eigenvalue weighted by atomic mass is 9.90. The Balaban J connectivity index is 6.62. The van der Waals surface area contributed by atoms with Crippen molar-refractivity contribution in [2.75, 3.05) is 0 Å². The molecule has 0 saturated heterocycles. The summed E-state index contributed by atoms with van der Waals surface area (Å²) in [4.78, 5) is 0. The third-order valence-electron chi connectivity index (χ3n) is 2.30. The minimum absolute atomic E-state index is 1.79. The number of hydrogen-bond acceptors (Lipinski definition) is 1. The lowest BCUT2D eigenvalue weighted by Gasteiger charge is -2.40. The van der Waals surface area contributed by atoms with Crippen LogP contribution in [0, 0.1) is 0 Å². The summed E-state index contributed by atoms with van der Waals surface area (Å²) >= 11 is 0. The van der Waals surface area contributed by atoms with Crippen LogP contribution in [0.5, 0.6) is 0 Å². The van der Waals surface area contributed by atoms with E-state index in [4.69, 9.17) is 0 Å². The molecule has 0 fully saturated rings. The maximum absolute atomic E-state index is 13.5. The first kappa shape index (κ1) is 23.2. The number of hydrogen-bond donors (Lipinski definition) is 0. The van der Waals surface area contributed by atoms with Crippen LogP contribution >= 0.6 is 0 Å². The number of alkyl halides is 10. The Morgan fingerprint density at radius 1 is 0.680 bits per heavy atom. The molecule has 1 nitrogen and oxygen atoms in total. The third kappa shape index (κ3) is 3.91. The monoisotopic (exact) mass is 410 g/mol. The van der Waals surface area contributed by atoms with Gasteiger partial charge in [0.1, 0.15) is 0 Å². The molecule has 1 unspecified atom stereocenters. The van der Waals surface area contributed by atoms with E-state index in [1.54, 1.807) is 4.74 Å². The van der Waals surface area contributed by atoms with Crippen molar-refractivity contribution in [3.05, 3.63) is 24.3 Å². The lowest BCUT2D eigenvalue weighted by Crippen LogP contribution is -2.71. The summed E-state index contributed by atoms with van der Waals surface area (Å²) in [7, 11) is 0.